The number of carbonyl (C=O) groups is 2. The Morgan fingerprint density at radius 1 is 0.955 bits per heavy atom. The average molecular weight is 609 g/mol. The minimum absolute atomic E-state index is 0.170. The first-order valence-electron chi connectivity index (χ1n) is 15.9. The predicted molar refractivity (Wildman–Crippen MR) is 172 cm³/mol. The molecular weight excluding hydrogens is 558 g/mol. The number of rotatable bonds is 16. The second-order valence-electron chi connectivity index (χ2n) is 11.5. The van der Waals surface area contributed by atoms with E-state index >= 15 is 0 Å². The molecule has 9 nitrogen and oxygen atoms in total. The number of carboxylic acids is 1. The van der Waals surface area contributed by atoms with E-state index in [1.807, 2.05) is 56.0 Å². The number of carboxylic acid groups (broad SMARTS) is 1. The largest absolute Gasteiger partial charge is 0.550 e. The van der Waals surface area contributed by atoms with E-state index in [0.29, 0.717) is 24.2 Å². The molecule has 0 aliphatic carbocycles. The summed E-state index contributed by atoms with van der Waals surface area (Å²) in [6.07, 6.45) is 9.21. The molecule has 0 saturated heterocycles. The lowest BCUT2D eigenvalue weighted by Crippen LogP contribution is -2.62. The molecule has 3 rings (SSSR count). The standard InChI is InChI=1S/C34H46N2O6.CH5N/c1-5-7-8-9-10-11-12-16-22-42-33(39)29-25(3)35(6-2)34(4,24-26-18-14-13-15-19-26)31(32(37)38)30(29)27-20-17-21-28(23-27)36(40)41;1-2/h13-15,17-21,23,30-31H,5-12,16,22,24H2,1-4H3,(H,37,38);2H2,1H3/p-1. The molecular formula is C35H50N3O6-. The van der Waals surface area contributed by atoms with E-state index in [1.165, 1.54) is 50.9 Å². The molecule has 0 bridgehead atoms. The van der Waals surface area contributed by atoms with E-state index in [2.05, 4.69) is 12.7 Å². The van der Waals surface area contributed by atoms with Gasteiger partial charge in [0.15, 0.2) is 0 Å². The van der Waals surface area contributed by atoms with Gasteiger partial charge in [-0.1, -0.05) is 94.3 Å². The number of nitrogens with zero attached hydrogens (tertiary/aromatic N) is 2. The number of nitro benzene ring substituents is 1. The van der Waals surface area contributed by atoms with Crippen LogP contribution >= 0.6 is 0 Å². The highest BCUT2D eigenvalue weighted by Gasteiger charge is 2.52. The normalized spacial score (nSPS) is 19.6. The van der Waals surface area contributed by atoms with Crippen molar-refractivity contribution in [1.29, 1.82) is 0 Å². The summed E-state index contributed by atoms with van der Waals surface area (Å²) in [6, 6.07) is 15.5. The molecule has 3 unspecified atom stereocenters. The quantitative estimate of drug-likeness (QED) is 0.107. The zero-order valence-electron chi connectivity index (χ0n) is 27.1. The van der Waals surface area contributed by atoms with Gasteiger partial charge < -0.3 is 25.3 Å². The number of aliphatic carboxylic acids is 1. The van der Waals surface area contributed by atoms with Crippen LogP contribution in [0.3, 0.4) is 0 Å². The lowest BCUT2D eigenvalue weighted by molar-refractivity contribution is -0.385. The van der Waals surface area contributed by atoms with E-state index in [1.54, 1.807) is 6.07 Å². The number of nitrogens with two attached hydrogens (primary N) is 1. The Bertz CT molecular complexity index is 1250. The van der Waals surface area contributed by atoms with Gasteiger partial charge in [-0.05, 0) is 51.8 Å². The van der Waals surface area contributed by atoms with E-state index < -0.39 is 34.2 Å². The zero-order chi connectivity index (χ0) is 32.7. The molecule has 0 fully saturated rings. The number of likely N-dealkylation sites (N-methyl/N-ethyl adjacent to an activating group) is 1. The number of esters is 1. The van der Waals surface area contributed by atoms with Crippen LogP contribution < -0.4 is 10.8 Å². The van der Waals surface area contributed by atoms with Crippen LogP contribution in [0.25, 0.3) is 0 Å². The van der Waals surface area contributed by atoms with Crippen molar-refractivity contribution in [3.05, 3.63) is 87.1 Å². The van der Waals surface area contributed by atoms with Crippen LogP contribution in [0.2, 0.25) is 0 Å². The monoisotopic (exact) mass is 608 g/mol. The SMILES string of the molecule is CCCCCCCCCCOC(=O)C1=C(C)N(CC)C(C)(Cc2ccccc2)C(C(=O)[O-])C1c1cccc([N+](=O)[O-])c1.CN. The second kappa shape index (κ2) is 18.2. The molecule has 0 aromatic heterocycles. The van der Waals surface area contributed by atoms with Gasteiger partial charge in [0.2, 0.25) is 0 Å². The molecule has 2 N–H and O–H groups in total. The van der Waals surface area contributed by atoms with Crippen LogP contribution in [0.5, 0.6) is 0 Å². The molecule has 1 heterocycles. The van der Waals surface area contributed by atoms with E-state index in [-0.39, 0.29) is 17.9 Å². The smallest absolute Gasteiger partial charge is 0.336 e. The number of nitro groups is 1. The van der Waals surface area contributed by atoms with Gasteiger partial charge in [-0.15, -0.1) is 0 Å². The maximum atomic E-state index is 13.8. The molecule has 3 atom stereocenters. The van der Waals surface area contributed by atoms with Crippen LogP contribution in [0.4, 0.5) is 5.69 Å². The van der Waals surface area contributed by atoms with Gasteiger partial charge in [0.1, 0.15) is 0 Å². The lowest BCUT2D eigenvalue weighted by atomic mass is 9.64. The number of hydrogen-bond donors (Lipinski definition) is 1. The summed E-state index contributed by atoms with van der Waals surface area (Å²) >= 11 is 0. The maximum Gasteiger partial charge on any atom is 0.336 e. The highest BCUT2D eigenvalue weighted by Crippen LogP contribution is 2.49. The fourth-order valence-electron chi connectivity index (χ4n) is 6.59. The van der Waals surface area contributed by atoms with Gasteiger partial charge in [-0.3, -0.25) is 10.1 Å². The molecule has 1 aliphatic rings. The third-order valence-electron chi connectivity index (χ3n) is 8.59. The van der Waals surface area contributed by atoms with Gasteiger partial charge in [0.25, 0.3) is 5.69 Å². The molecule has 0 saturated carbocycles. The molecule has 0 amide bonds. The molecule has 242 valence electrons. The molecule has 2 aromatic rings. The van der Waals surface area contributed by atoms with Crippen molar-refractivity contribution >= 4 is 17.6 Å². The van der Waals surface area contributed by atoms with E-state index in [9.17, 15) is 24.8 Å². The van der Waals surface area contributed by atoms with E-state index in [0.717, 1.165) is 31.2 Å². The van der Waals surface area contributed by atoms with Crippen molar-refractivity contribution in [3.63, 3.8) is 0 Å². The number of carbonyl (C=O) groups excluding carboxylic acids is 2. The molecule has 2 aromatic carbocycles. The summed E-state index contributed by atoms with van der Waals surface area (Å²) in [5.74, 6) is -4.07. The molecule has 1 aliphatic heterocycles. The zero-order valence-corrected chi connectivity index (χ0v) is 27.1. The first-order chi connectivity index (χ1) is 21.2. The minimum atomic E-state index is -1.32. The average Bonchev–Trinajstić information content (AvgIpc) is 3.01. The van der Waals surface area contributed by atoms with Crippen LogP contribution in [0, 0.1) is 16.0 Å². The fraction of sp³-hybridized carbons (Fsp3) is 0.543. The maximum absolute atomic E-state index is 13.8. The molecule has 44 heavy (non-hydrogen) atoms. The van der Waals surface area contributed by atoms with Crippen molar-refractivity contribution in [2.45, 2.75) is 96.9 Å². The summed E-state index contributed by atoms with van der Waals surface area (Å²) in [5.41, 5.74) is 5.50. The first-order valence-corrected chi connectivity index (χ1v) is 15.9. The number of benzene rings is 2. The van der Waals surface area contributed by atoms with Crippen molar-refractivity contribution in [2.75, 3.05) is 20.2 Å². The molecule has 0 radical (unpaired) electrons. The van der Waals surface area contributed by atoms with Gasteiger partial charge >= 0.3 is 5.97 Å². The summed E-state index contributed by atoms with van der Waals surface area (Å²) in [7, 11) is 1.50. The predicted octanol–water partition coefficient (Wildman–Crippen LogP) is 5.91. The third kappa shape index (κ3) is 9.14. The van der Waals surface area contributed by atoms with Crippen LogP contribution in [0.15, 0.2) is 65.9 Å². The summed E-state index contributed by atoms with van der Waals surface area (Å²) < 4.78 is 5.76. The van der Waals surface area contributed by atoms with Gasteiger partial charge in [0, 0.05) is 42.2 Å². The Morgan fingerprint density at radius 3 is 2.14 bits per heavy atom. The lowest BCUT2D eigenvalue weighted by Gasteiger charge is -2.55. The third-order valence-corrected chi connectivity index (χ3v) is 8.59. The van der Waals surface area contributed by atoms with Crippen molar-refractivity contribution in [1.82, 2.24) is 4.90 Å². The number of ether oxygens (including phenoxy) is 1. The Kier molecular flexibility index (Phi) is 15.1. The number of non-ortho nitro benzene ring substituents is 1. The summed E-state index contributed by atoms with van der Waals surface area (Å²) in [5, 5.41) is 24.7. The van der Waals surface area contributed by atoms with Crippen molar-refractivity contribution < 1.29 is 24.4 Å². The summed E-state index contributed by atoms with van der Waals surface area (Å²) in [4.78, 5) is 40.0. The van der Waals surface area contributed by atoms with Crippen molar-refractivity contribution in [2.24, 2.45) is 11.7 Å². The Hall–Kier alpha value is -3.72. The Balaban J connectivity index is 0.00000330. The minimum Gasteiger partial charge on any atom is -0.550 e. The van der Waals surface area contributed by atoms with Crippen molar-refractivity contribution in [3.8, 4) is 0 Å². The van der Waals surface area contributed by atoms with Gasteiger partial charge in [0.05, 0.1) is 22.6 Å². The number of allylic oxidation sites excluding steroid dienone is 1. The molecule has 9 heteroatoms. The highest BCUT2D eigenvalue weighted by molar-refractivity contribution is 5.93. The van der Waals surface area contributed by atoms with E-state index in [4.69, 9.17) is 4.74 Å². The molecule has 0 spiro atoms. The Labute approximate surface area is 262 Å². The highest BCUT2D eigenvalue weighted by atomic mass is 16.6. The van der Waals surface area contributed by atoms with Crippen LogP contribution in [0.1, 0.15) is 96.1 Å². The first kappa shape index (κ1) is 36.5. The number of hydrogen-bond acceptors (Lipinski definition) is 8. The second-order valence-corrected chi connectivity index (χ2v) is 11.5. The van der Waals surface area contributed by atoms with Crippen LogP contribution in [-0.2, 0) is 20.7 Å². The van der Waals surface area contributed by atoms with Crippen LogP contribution in [-0.4, -0.2) is 47.5 Å². The fourth-order valence-corrected chi connectivity index (χ4v) is 6.59. The topological polar surface area (TPSA) is 139 Å². The number of unbranched alkanes of at least 4 members (excludes halogenated alkanes) is 7. The van der Waals surface area contributed by atoms with Gasteiger partial charge in [-0.2, -0.15) is 0 Å². The van der Waals surface area contributed by atoms with Gasteiger partial charge in [-0.25, -0.2) is 4.79 Å². The summed E-state index contributed by atoms with van der Waals surface area (Å²) in [6.45, 7) is 8.50. The Morgan fingerprint density at radius 2 is 1.57 bits per heavy atom.